The molecule has 1 fully saturated rings. The van der Waals surface area contributed by atoms with Crippen molar-refractivity contribution >= 4 is 11.4 Å². The number of hydrogen-bond acceptors (Lipinski definition) is 5. The van der Waals surface area contributed by atoms with E-state index in [2.05, 4.69) is 10.4 Å². The molecule has 3 N–H and O–H groups in total. The number of anilines is 2. The highest BCUT2D eigenvalue weighted by molar-refractivity contribution is 5.71. The zero-order valence-electron chi connectivity index (χ0n) is 10.4. The summed E-state index contributed by atoms with van der Waals surface area (Å²) in [4.78, 5) is 0. The molecule has 3 rings (SSSR count). The highest BCUT2D eigenvalue weighted by Gasteiger charge is 2.16. The van der Waals surface area contributed by atoms with Crippen LogP contribution in [0.3, 0.4) is 0 Å². The molecule has 1 aromatic rings. The summed E-state index contributed by atoms with van der Waals surface area (Å²) in [6.45, 7) is 3.31. The molecule has 0 unspecified atom stereocenters. The van der Waals surface area contributed by atoms with Crippen LogP contribution >= 0.6 is 0 Å². The first-order valence-electron chi connectivity index (χ1n) is 6.54. The molecule has 2 heterocycles. The summed E-state index contributed by atoms with van der Waals surface area (Å²) in [6, 6.07) is 3.76. The van der Waals surface area contributed by atoms with Gasteiger partial charge in [0, 0.05) is 25.2 Å². The maximum atomic E-state index is 6.04. The van der Waals surface area contributed by atoms with Crippen LogP contribution in [0.1, 0.15) is 19.3 Å². The van der Waals surface area contributed by atoms with Gasteiger partial charge in [-0.2, -0.15) is 0 Å². The van der Waals surface area contributed by atoms with Crippen molar-refractivity contribution < 1.29 is 9.47 Å². The molecule has 0 aromatic heterocycles. The number of hydrazine groups is 1. The van der Waals surface area contributed by atoms with Gasteiger partial charge in [-0.25, -0.2) is 5.01 Å². The van der Waals surface area contributed by atoms with Crippen molar-refractivity contribution in [3.05, 3.63) is 12.1 Å². The normalized spacial score (nSPS) is 19.6. The third-order valence-electron chi connectivity index (χ3n) is 3.35. The van der Waals surface area contributed by atoms with Crippen LogP contribution in [0, 0.1) is 0 Å². The zero-order chi connectivity index (χ0) is 12.4. The lowest BCUT2D eigenvalue weighted by atomic mass is 10.1. The van der Waals surface area contributed by atoms with Crippen molar-refractivity contribution in [1.29, 1.82) is 0 Å². The van der Waals surface area contributed by atoms with Gasteiger partial charge in [-0.05, 0) is 12.8 Å². The summed E-state index contributed by atoms with van der Waals surface area (Å²) in [6.07, 6.45) is 3.78. The third-order valence-corrected chi connectivity index (χ3v) is 3.35. The maximum absolute atomic E-state index is 6.04. The molecular formula is C13H19N3O2. The van der Waals surface area contributed by atoms with Gasteiger partial charge in [0.05, 0.1) is 11.4 Å². The van der Waals surface area contributed by atoms with Crippen LogP contribution in [0.25, 0.3) is 0 Å². The number of nitrogens with one attached hydrogen (secondary N) is 1. The number of benzene rings is 1. The molecule has 0 spiro atoms. The third kappa shape index (κ3) is 2.31. The van der Waals surface area contributed by atoms with Gasteiger partial charge >= 0.3 is 0 Å². The zero-order valence-corrected chi connectivity index (χ0v) is 10.4. The van der Waals surface area contributed by atoms with E-state index in [4.69, 9.17) is 15.2 Å². The summed E-state index contributed by atoms with van der Waals surface area (Å²) in [7, 11) is 0. The predicted octanol–water partition coefficient (Wildman–Crippen LogP) is 1.85. The molecule has 0 radical (unpaired) electrons. The summed E-state index contributed by atoms with van der Waals surface area (Å²) in [5.41, 5.74) is 11.0. The van der Waals surface area contributed by atoms with Crippen LogP contribution in [0.2, 0.25) is 0 Å². The Bertz CT molecular complexity index is 430. The Morgan fingerprint density at radius 2 is 1.67 bits per heavy atom. The smallest absolute Gasteiger partial charge is 0.163 e. The fourth-order valence-corrected chi connectivity index (χ4v) is 2.38. The number of nitrogens with zero attached hydrogens (tertiary/aromatic N) is 1. The van der Waals surface area contributed by atoms with Crippen molar-refractivity contribution in [2.75, 3.05) is 37.5 Å². The number of piperidine rings is 1. The summed E-state index contributed by atoms with van der Waals surface area (Å²) < 4.78 is 11.1. The lowest BCUT2D eigenvalue weighted by Gasteiger charge is -2.29. The number of hydrogen-bond donors (Lipinski definition) is 2. The average molecular weight is 249 g/mol. The number of rotatable bonds is 2. The van der Waals surface area contributed by atoms with Gasteiger partial charge in [-0.3, -0.25) is 0 Å². The molecular weight excluding hydrogens is 230 g/mol. The van der Waals surface area contributed by atoms with Gasteiger partial charge in [0.1, 0.15) is 13.2 Å². The monoisotopic (exact) mass is 249 g/mol. The van der Waals surface area contributed by atoms with Crippen LogP contribution in [0.5, 0.6) is 11.5 Å². The predicted molar refractivity (Wildman–Crippen MR) is 70.9 cm³/mol. The molecule has 0 atom stereocenters. The van der Waals surface area contributed by atoms with Gasteiger partial charge in [0.2, 0.25) is 0 Å². The fourth-order valence-electron chi connectivity index (χ4n) is 2.38. The van der Waals surface area contributed by atoms with E-state index in [-0.39, 0.29) is 0 Å². The Morgan fingerprint density at radius 3 is 2.39 bits per heavy atom. The first-order chi connectivity index (χ1) is 8.83. The van der Waals surface area contributed by atoms with Crippen molar-refractivity contribution in [3.8, 4) is 11.5 Å². The Hall–Kier alpha value is -1.62. The van der Waals surface area contributed by atoms with E-state index in [0.717, 1.165) is 30.3 Å². The Morgan fingerprint density at radius 1 is 1.00 bits per heavy atom. The lowest BCUT2D eigenvalue weighted by molar-refractivity contribution is 0.171. The van der Waals surface area contributed by atoms with E-state index < -0.39 is 0 Å². The van der Waals surface area contributed by atoms with Gasteiger partial charge in [0.25, 0.3) is 0 Å². The first-order valence-corrected chi connectivity index (χ1v) is 6.54. The minimum Gasteiger partial charge on any atom is -0.486 e. The van der Waals surface area contributed by atoms with Crippen LogP contribution in [-0.2, 0) is 0 Å². The van der Waals surface area contributed by atoms with Crippen LogP contribution < -0.4 is 20.6 Å². The van der Waals surface area contributed by atoms with Gasteiger partial charge in [-0.15, -0.1) is 0 Å². The van der Waals surface area contributed by atoms with Crippen LogP contribution in [-0.4, -0.2) is 31.3 Å². The molecule has 5 heteroatoms. The quantitative estimate of drug-likeness (QED) is 0.783. The molecule has 2 aliphatic heterocycles. The van der Waals surface area contributed by atoms with Crippen LogP contribution in [0.4, 0.5) is 11.4 Å². The standard InChI is InChI=1S/C13H19N3O2/c14-10-8-12-13(18-7-6-17-12)9-11(10)15-16-4-2-1-3-5-16/h8-9,15H,1-7,14H2. The molecule has 98 valence electrons. The number of fused-ring (bicyclic) bond motifs is 1. The molecule has 2 aliphatic rings. The Labute approximate surface area is 107 Å². The lowest BCUT2D eigenvalue weighted by Crippen LogP contribution is -2.35. The van der Waals surface area contributed by atoms with E-state index in [1.165, 1.54) is 19.3 Å². The maximum Gasteiger partial charge on any atom is 0.163 e. The Kier molecular flexibility index (Phi) is 3.15. The van der Waals surface area contributed by atoms with Crippen molar-refractivity contribution in [1.82, 2.24) is 5.01 Å². The number of nitrogen functional groups attached to an aromatic ring is 1. The van der Waals surface area contributed by atoms with Gasteiger partial charge < -0.3 is 20.6 Å². The molecule has 5 nitrogen and oxygen atoms in total. The summed E-state index contributed by atoms with van der Waals surface area (Å²) in [5, 5.41) is 2.21. The van der Waals surface area contributed by atoms with Gasteiger partial charge in [0.15, 0.2) is 11.5 Å². The van der Waals surface area contributed by atoms with Crippen molar-refractivity contribution in [2.24, 2.45) is 0 Å². The highest BCUT2D eigenvalue weighted by atomic mass is 16.6. The average Bonchev–Trinajstić information content (AvgIpc) is 2.41. The van der Waals surface area contributed by atoms with E-state index >= 15 is 0 Å². The number of ether oxygens (including phenoxy) is 2. The minimum absolute atomic E-state index is 0.589. The van der Waals surface area contributed by atoms with Crippen molar-refractivity contribution in [2.45, 2.75) is 19.3 Å². The molecule has 0 saturated carbocycles. The minimum atomic E-state index is 0.589. The molecule has 1 aromatic carbocycles. The first kappa shape index (κ1) is 11.5. The summed E-state index contributed by atoms with van der Waals surface area (Å²) >= 11 is 0. The van der Waals surface area contributed by atoms with E-state index in [1.54, 1.807) is 0 Å². The summed E-state index contributed by atoms with van der Waals surface area (Å²) in [5.74, 6) is 1.51. The van der Waals surface area contributed by atoms with E-state index in [1.807, 2.05) is 12.1 Å². The number of nitrogens with two attached hydrogens (primary N) is 1. The van der Waals surface area contributed by atoms with Crippen LogP contribution in [0.15, 0.2) is 12.1 Å². The van der Waals surface area contributed by atoms with E-state index in [0.29, 0.717) is 18.9 Å². The fraction of sp³-hybridized carbons (Fsp3) is 0.538. The topological polar surface area (TPSA) is 59.8 Å². The second-order valence-corrected chi connectivity index (χ2v) is 4.74. The largest absolute Gasteiger partial charge is 0.486 e. The van der Waals surface area contributed by atoms with E-state index in [9.17, 15) is 0 Å². The second kappa shape index (κ2) is 4.94. The molecule has 1 saturated heterocycles. The van der Waals surface area contributed by atoms with Gasteiger partial charge in [-0.1, -0.05) is 6.42 Å². The molecule has 0 amide bonds. The molecule has 18 heavy (non-hydrogen) atoms. The second-order valence-electron chi connectivity index (χ2n) is 4.74. The highest BCUT2D eigenvalue weighted by Crippen LogP contribution is 2.37. The molecule has 0 bridgehead atoms. The Balaban J connectivity index is 1.78. The SMILES string of the molecule is Nc1cc2c(cc1NN1CCCCC1)OCCO2. The van der Waals surface area contributed by atoms with Crippen molar-refractivity contribution in [3.63, 3.8) is 0 Å². The molecule has 0 aliphatic carbocycles.